The van der Waals surface area contributed by atoms with Crippen LogP contribution in [0.5, 0.6) is 0 Å². The number of hydrogen-bond acceptors (Lipinski definition) is 4. The standard InChI is InChI=1S/C21H25NO4/c1-4-14-7-5-6-8-15(14)22-12-21-10-9-16(26-21)17(18(21)19(22)23)20(24)25-11-13(2)3/h5-10,13,16-18H,4,11-12H2,1-3H3/t16-,17+,18+,21-/m0/s1. The predicted octanol–water partition coefficient (Wildman–Crippen LogP) is 2.73. The van der Waals surface area contributed by atoms with E-state index in [1.54, 1.807) is 4.90 Å². The van der Waals surface area contributed by atoms with Crippen molar-refractivity contribution < 1.29 is 19.1 Å². The molecule has 0 N–H and O–H groups in total. The molecule has 2 saturated heterocycles. The highest BCUT2D eigenvalue weighted by Crippen LogP contribution is 2.53. The van der Waals surface area contributed by atoms with Crippen molar-refractivity contribution in [2.75, 3.05) is 18.1 Å². The molecule has 0 saturated carbocycles. The van der Waals surface area contributed by atoms with Gasteiger partial charge in [0.25, 0.3) is 0 Å². The molecule has 2 bridgehead atoms. The zero-order chi connectivity index (χ0) is 18.5. The fraction of sp³-hybridized carbons (Fsp3) is 0.524. The number of benzene rings is 1. The van der Waals surface area contributed by atoms with Crippen LogP contribution in [0.25, 0.3) is 0 Å². The summed E-state index contributed by atoms with van der Waals surface area (Å²) < 4.78 is 11.6. The van der Waals surface area contributed by atoms with E-state index in [-0.39, 0.29) is 23.9 Å². The number of ether oxygens (including phenoxy) is 2. The van der Waals surface area contributed by atoms with Crippen molar-refractivity contribution >= 4 is 17.6 Å². The summed E-state index contributed by atoms with van der Waals surface area (Å²) in [4.78, 5) is 27.8. The van der Waals surface area contributed by atoms with Gasteiger partial charge in [-0.25, -0.2) is 0 Å². The fourth-order valence-corrected chi connectivity index (χ4v) is 4.39. The van der Waals surface area contributed by atoms with Gasteiger partial charge in [-0.05, 0) is 24.0 Å². The van der Waals surface area contributed by atoms with Crippen molar-refractivity contribution in [1.82, 2.24) is 0 Å². The Morgan fingerprint density at radius 1 is 1.38 bits per heavy atom. The number of carbonyl (C=O) groups is 2. The van der Waals surface area contributed by atoms with Crippen molar-refractivity contribution in [1.29, 1.82) is 0 Å². The van der Waals surface area contributed by atoms with E-state index >= 15 is 0 Å². The molecule has 1 spiro atoms. The SMILES string of the molecule is CCc1ccccc1N1C[C@]23C=C[C@H](O2)[C@@H](C(=O)OCC(C)C)[C@@H]3C1=O. The number of aryl methyl sites for hydroxylation is 1. The normalized spacial score (nSPS) is 31.8. The molecule has 0 aromatic heterocycles. The molecule has 3 aliphatic rings. The van der Waals surface area contributed by atoms with Crippen molar-refractivity contribution in [3.8, 4) is 0 Å². The molecule has 1 amide bonds. The van der Waals surface area contributed by atoms with Gasteiger partial charge in [-0.15, -0.1) is 0 Å². The molecule has 4 rings (SSSR count). The van der Waals surface area contributed by atoms with Gasteiger partial charge >= 0.3 is 5.97 Å². The van der Waals surface area contributed by atoms with Crippen LogP contribution in [0.1, 0.15) is 26.3 Å². The van der Waals surface area contributed by atoms with Gasteiger partial charge in [0.2, 0.25) is 5.91 Å². The quantitative estimate of drug-likeness (QED) is 0.602. The van der Waals surface area contributed by atoms with Crippen molar-refractivity contribution in [2.24, 2.45) is 17.8 Å². The lowest BCUT2D eigenvalue weighted by molar-refractivity contribution is -0.153. The Balaban J connectivity index is 1.64. The number of esters is 1. The lowest BCUT2D eigenvalue weighted by Crippen LogP contribution is -2.40. The van der Waals surface area contributed by atoms with E-state index in [1.165, 1.54) is 0 Å². The van der Waals surface area contributed by atoms with Crippen molar-refractivity contribution in [3.63, 3.8) is 0 Å². The van der Waals surface area contributed by atoms with Gasteiger partial charge in [-0.2, -0.15) is 0 Å². The topological polar surface area (TPSA) is 55.8 Å². The Labute approximate surface area is 154 Å². The zero-order valence-corrected chi connectivity index (χ0v) is 15.5. The van der Waals surface area contributed by atoms with Crippen molar-refractivity contribution in [3.05, 3.63) is 42.0 Å². The average Bonchev–Trinajstić information content (AvgIpc) is 3.28. The third-order valence-electron chi connectivity index (χ3n) is 5.59. The largest absolute Gasteiger partial charge is 0.465 e. The van der Waals surface area contributed by atoms with E-state index in [0.29, 0.717) is 13.2 Å². The molecule has 3 heterocycles. The van der Waals surface area contributed by atoms with Crippen LogP contribution in [0, 0.1) is 17.8 Å². The second-order valence-electron chi connectivity index (χ2n) is 7.83. The van der Waals surface area contributed by atoms with E-state index in [1.807, 2.05) is 50.3 Å². The Kier molecular flexibility index (Phi) is 4.14. The number of amides is 1. The van der Waals surface area contributed by atoms with Crippen LogP contribution in [0.2, 0.25) is 0 Å². The number of anilines is 1. The number of hydrogen-bond donors (Lipinski definition) is 0. The molecule has 0 unspecified atom stereocenters. The van der Waals surface area contributed by atoms with Crippen molar-refractivity contribution in [2.45, 2.75) is 38.9 Å². The van der Waals surface area contributed by atoms with Gasteiger partial charge in [-0.3, -0.25) is 9.59 Å². The second-order valence-corrected chi connectivity index (χ2v) is 7.83. The molecule has 3 aliphatic heterocycles. The Morgan fingerprint density at radius 3 is 2.88 bits per heavy atom. The first-order chi connectivity index (χ1) is 12.5. The number of nitrogens with zero attached hydrogens (tertiary/aromatic N) is 1. The first kappa shape index (κ1) is 17.3. The molecule has 0 aliphatic carbocycles. The molecule has 5 nitrogen and oxygen atoms in total. The highest BCUT2D eigenvalue weighted by Gasteiger charge is 2.67. The molecule has 1 aromatic rings. The Bertz CT molecular complexity index is 771. The summed E-state index contributed by atoms with van der Waals surface area (Å²) in [6.45, 7) is 6.88. The molecular formula is C21H25NO4. The molecule has 0 radical (unpaired) electrons. The highest BCUT2D eigenvalue weighted by atomic mass is 16.6. The van der Waals surface area contributed by atoms with Crippen LogP contribution in [0.4, 0.5) is 5.69 Å². The minimum atomic E-state index is -0.704. The zero-order valence-electron chi connectivity index (χ0n) is 15.5. The van der Waals surface area contributed by atoms with Gasteiger partial charge in [0.1, 0.15) is 11.5 Å². The molecule has 1 aromatic carbocycles. The van der Waals surface area contributed by atoms with Gasteiger partial charge in [0.15, 0.2) is 0 Å². The van der Waals surface area contributed by atoms with Gasteiger partial charge in [0.05, 0.1) is 25.2 Å². The maximum Gasteiger partial charge on any atom is 0.312 e. The number of fused-ring (bicyclic) bond motifs is 1. The van der Waals surface area contributed by atoms with Gasteiger partial charge in [-0.1, -0.05) is 51.1 Å². The van der Waals surface area contributed by atoms with Crippen LogP contribution in [-0.4, -0.2) is 36.7 Å². The van der Waals surface area contributed by atoms with E-state index in [4.69, 9.17) is 9.47 Å². The van der Waals surface area contributed by atoms with E-state index in [2.05, 4.69) is 6.92 Å². The predicted molar refractivity (Wildman–Crippen MR) is 97.7 cm³/mol. The summed E-state index contributed by atoms with van der Waals surface area (Å²) in [6, 6.07) is 7.93. The molecular weight excluding hydrogens is 330 g/mol. The van der Waals surface area contributed by atoms with Gasteiger partial charge < -0.3 is 14.4 Å². The monoisotopic (exact) mass is 355 g/mol. The first-order valence-electron chi connectivity index (χ1n) is 9.40. The average molecular weight is 355 g/mol. The maximum atomic E-state index is 13.3. The lowest BCUT2D eigenvalue weighted by atomic mass is 9.77. The smallest absolute Gasteiger partial charge is 0.312 e. The summed E-state index contributed by atoms with van der Waals surface area (Å²) in [5.74, 6) is -1.15. The lowest BCUT2D eigenvalue weighted by Gasteiger charge is -2.23. The van der Waals surface area contributed by atoms with E-state index < -0.39 is 17.4 Å². The van der Waals surface area contributed by atoms with Crippen LogP contribution < -0.4 is 4.90 Å². The number of para-hydroxylation sites is 1. The Morgan fingerprint density at radius 2 is 2.15 bits per heavy atom. The number of carbonyl (C=O) groups excluding carboxylic acids is 2. The summed E-state index contributed by atoms with van der Waals surface area (Å²) >= 11 is 0. The number of rotatable bonds is 5. The summed E-state index contributed by atoms with van der Waals surface area (Å²) in [5, 5.41) is 0. The summed E-state index contributed by atoms with van der Waals surface area (Å²) in [5.41, 5.74) is 1.33. The third kappa shape index (κ3) is 2.49. The van der Waals surface area contributed by atoms with E-state index in [9.17, 15) is 9.59 Å². The highest BCUT2D eigenvalue weighted by molar-refractivity contribution is 6.03. The van der Waals surface area contributed by atoms with Crippen LogP contribution in [0.3, 0.4) is 0 Å². The molecule has 26 heavy (non-hydrogen) atoms. The fourth-order valence-electron chi connectivity index (χ4n) is 4.39. The van der Waals surface area contributed by atoms with Crippen LogP contribution >= 0.6 is 0 Å². The van der Waals surface area contributed by atoms with E-state index in [0.717, 1.165) is 17.7 Å². The third-order valence-corrected chi connectivity index (χ3v) is 5.59. The summed E-state index contributed by atoms with van der Waals surface area (Å²) in [7, 11) is 0. The summed E-state index contributed by atoms with van der Waals surface area (Å²) in [6.07, 6.45) is 4.38. The minimum Gasteiger partial charge on any atom is -0.465 e. The molecule has 2 fully saturated rings. The minimum absolute atomic E-state index is 0.0377. The second kappa shape index (κ2) is 6.23. The Hall–Kier alpha value is -2.14. The maximum absolute atomic E-state index is 13.3. The molecule has 138 valence electrons. The molecule has 5 heteroatoms. The van der Waals surface area contributed by atoms with Crippen LogP contribution in [-0.2, 0) is 25.5 Å². The molecule has 4 atom stereocenters. The van der Waals surface area contributed by atoms with Gasteiger partial charge in [0, 0.05) is 5.69 Å². The van der Waals surface area contributed by atoms with Crippen LogP contribution in [0.15, 0.2) is 36.4 Å². The first-order valence-corrected chi connectivity index (χ1v) is 9.40.